The van der Waals surface area contributed by atoms with E-state index in [1.807, 2.05) is 31.2 Å². The molecule has 1 saturated heterocycles. The molecule has 0 radical (unpaired) electrons. The quantitative estimate of drug-likeness (QED) is 0.450. The lowest BCUT2D eigenvalue weighted by atomic mass is 10.2. The van der Waals surface area contributed by atoms with Crippen molar-refractivity contribution in [3.05, 3.63) is 53.2 Å². The number of likely N-dealkylation sites (tertiary alicyclic amines) is 1. The highest BCUT2D eigenvalue weighted by molar-refractivity contribution is 7.21. The average molecular weight is 495 g/mol. The number of hydrogen-bond acceptors (Lipinski definition) is 7. The monoisotopic (exact) mass is 494 g/mol. The van der Waals surface area contributed by atoms with Crippen LogP contribution in [-0.2, 0) is 9.47 Å². The van der Waals surface area contributed by atoms with Gasteiger partial charge in [-0.05, 0) is 37.3 Å². The van der Waals surface area contributed by atoms with E-state index in [1.165, 1.54) is 11.3 Å². The van der Waals surface area contributed by atoms with Gasteiger partial charge in [0.05, 0.1) is 20.6 Å². The zero-order valence-electron chi connectivity index (χ0n) is 19.9. The molecule has 9 nitrogen and oxygen atoms in total. The molecule has 1 fully saturated rings. The lowest BCUT2D eigenvalue weighted by Crippen LogP contribution is -2.29. The summed E-state index contributed by atoms with van der Waals surface area (Å²) in [5.74, 6) is 1.17. The maximum absolute atomic E-state index is 13.2. The number of hydrogen-bond donors (Lipinski definition) is 1. The highest BCUT2D eigenvalue weighted by Gasteiger charge is 2.36. The van der Waals surface area contributed by atoms with Crippen molar-refractivity contribution in [3.63, 3.8) is 0 Å². The number of nitrogens with zero attached hydrogens (tertiary/aromatic N) is 3. The molecule has 0 spiro atoms. The lowest BCUT2D eigenvalue weighted by molar-refractivity contribution is -0.00461. The minimum Gasteiger partial charge on any atom is -0.456 e. The number of carbonyl (C=O) groups is 2. The molecule has 4 aromatic rings. The van der Waals surface area contributed by atoms with Gasteiger partial charge in [0.15, 0.2) is 0 Å². The Bertz CT molecular complexity index is 1420. The first-order valence-electron chi connectivity index (χ1n) is 11.2. The van der Waals surface area contributed by atoms with Crippen molar-refractivity contribution in [2.45, 2.75) is 19.1 Å². The van der Waals surface area contributed by atoms with Crippen LogP contribution in [0.4, 0.5) is 4.79 Å². The number of thiophene rings is 1. The summed E-state index contributed by atoms with van der Waals surface area (Å²) in [5.41, 5.74) is 2.33. The number of rotatable bonds is 5. The van der Waals surface area contributed by atoms with E-state index in [1.54, 1.807) is 49.1 Å². The number of pyridine rings is 1. The molecule has 0 bridgehead atoms. The average Bonchev–Trinajstić information content (AvgIpc) is 3.57. The fraction of sp³-hybridized carbons (Fsp3) is 0.320. The van der Waals surface area contributed by atoms with Crippen molar-refractivity contribution in [2.24, 2.45) is 0 Å². The van der Waals surface area contributed by atoms with E-state index in [9.17, 15) is 9.59 Å². The number of aromatic nitrogens is 2. The summed E-state index contributed by atoms with van der Waals surface area (Å²) in [6, 6.07) is 10.9. The maximum atomic E-state index is 13.2. The Kier molecular flexibility index (Phi) is 6.18. The summed E-state index contributed by atoms with van der Waals surface area (Å²) < 4.78 is 19.6. The number of nitrogens with one attached hydrogen (secondary N) is 1. The molecule has 182 valence electrons. The van der Waals surface area contributed by atoms with Gasteiger partial charge in [-0.25, -0.2) is 4.79 Å². The molecule has 1 aromatic carbocycles. The Hall–Kier alpha value is -3.47. The molecule has 2 atom stereocenters. The van der Waals surface area contributed by atoms with Gasteiger partial charge in [-0.2, -0.15) is 0 Å². The minimum atomic E-state index is -0.190. The van der Waals surface area contributed by atoms with Crippen LogP contribution in [0.1, 0.15) is 15.4 Å². The van der Waals surface area contributed by atoms with Crippen LogP contribution in [-0.4, -0.2) is 73.0 Å². The number of benzene rings is 1. The SMILES string of the molecule is CNC(=O)n1c(C)cc2cc(Oc3ccnc4cc(C(=O)N5CC(OC)C(OC)C5)sc34)ccc21. The number of amides is 2. The highest BCUT2D eigenvalue weighted by atomic mass is 32.1. The fourth-order valence-corrected chi connectivity index (χ4v) is 5.56. The Morgan fingerprint density at radius 1 is 1.09 bits per heavy atom. The van der Waals surface area contributed by atoms with Crippen LogP contribution in [0.25, 0.3) is 21.1 Å². The summed E-state index contributed by atoms with van der Waals surface area (Å²) in [5, 5.41) is 3.55. The van der Waals surface area contributed by atoms with Crippen molar-refractivity contribution >= 4 is 44.4 Å². The predicted octanol–water partition coefficient (Wildman–Crippen LogP) is 4.03. The molecule has 35 heavy (non-hydrogen) atoms. The van der Waals surface area contributed by atoms with Crippen LogP contribution in [0.3, 0.4) is 0 Å². The normalized spacial score (nSPS) is 17.9. The van der Waals surface area contributed by atoms with Gasteiger partial charge >= 0.3 is 6.03 Å². The number of aryl methyl sites for hydroxylation is 1. The van der Waals surface area contributed by atoms with Gasteiger partial charge in [0.25, 0.3) is 5.91 Å². The number of methoxy groups -OCH3 is 2. The lowest BCUT2D eigenvalue weighted by Gasteiger charge is -2.14. The Labute approximate surface area is 206 Å². The number of fused-ring (bicyclic) bond motifs is 2. The second-order valence-corrected chi connectivity index (χ2v) is 9.44. The van der Waals surface area contributed by atoms with Crippen molar-refractivity contribution in [1.82, 2.24) is 19.8 Å². The standard InChI is InChI=1S/C25H26N4O5S/c1-14-9-15-10-16(5-6-18(15)29(14)25(31)26-2)34-19-7-8-27-17-11-22(35-23(17)19)24(30)28-12-20(32-3)21(13-28)33-4/h5-11,20-21H,12-13H2,1-4H3,(H,26,31). The first-order chi connectivity index (χ1) is 16.9. The zero-order chi connectivity index (χ0) is 24.7. The Morgan fingerprint density at radius 2 is 1.83 bits per heavy atom. The second kappa shape index (κ2) is 9.29. The molecule has 4 heterocycles. The van der Waals surface area contributed by atoms with E-state index in [0.29, 0.717) is 35.0 Å². The summed E-state index contributed by atoms with van der Waals surface area (Å²) in [6.07, 6.45) is 1.38. The van der Waals surface area contributed by atoms with Crippen LogP contribution in [0, 0.1) is 6.92 Å². The first-order valence-corrected chi connectivity index (χ1v) is 12.0. The predicted molar refractivity (Wildman–Crippen MR) is 134 cm³/mol. The molecule has 10 heteroatoms. The van der Waals surface area contributed by atoms with E-state index < -0.39 is 0 Å². The molecule has 2 unspecified atom stereocenters. The molecule has 1 aliphatic rings. The third kappa shape index (κ3) is 4.13. The van der Waals surface area contributed by atoms with E-state index in [-0.39, 0.29) is 24.1 Å². The van der Waals surface area contributed by atoms with Gasteiger partial charge in [-0.3, -0.25) is 14.3 Å². The van der Waals surface area contributed by atoms with Crippen LogP contribution < -0.4 is 10.1 Å². The van der Waals surface area contributed by atoms with Gasteiger partial charge in [0.1, 0.15) is 23.7 Å². The van der Waals surface area contributed by atoms with Crippen molar-refractivity contribution in [1.29, 1.82) is 0 Å². The van der Waals surface area contributed by atoms with Gasteiger partial charge in [0, 0.05) is 57.7 Å². The molecule has 2 amide bonds. The minimum absolute atomic E-state index is 0.0759. The molecule has 1 N–H and O–H groups in total. The largest absolute Gasteiger partial charge is 0.456 e. The van der Waals surface area contributed by atoms with Crippen LogP contribution >= 0.6 is 11.3 Å². The van der Waals surface area contributed by atoms with Gasteiger partial charge < -0.3 is 24.4 Å². The molecule has 0 aliphatic carbocycles. The van der Waals surface area contributed by atoms with Crippen LogP contribution in [0.5, 0.6) is 11.5 Å². The zero-order valence-corrected chi connectivity index (χ0v) is 20.7. The van der Waals surface area contributed by atoms with Gasteiger partial charge in [0.2, 0.25) is 0 Å². The summed E-state index contributed by atoms with van der Waals surface area (Å²) in [4.78, 5) is 32.2. The molecular formula is C25H26N4O5S. The van der Waals surface area contributed by atoms with Crippen LogP contribution in [0.15, 0.2) is 42.6 Å². The van der Waals surface area contributed by atoms with Crippen molar-refractivity contribution in [3.8, 4) is 11.5 Å². The van der Waals surface area contributed by atoms with Gasteiger partial charge in [-0.1, -0.05) is 0 Å². The third-order valence-electron chi connectivity index (χ3n) is 6.30. The number of ether oxygens (including phenoxy) is 3. The van der Waals surface area contributed by atoms with Gasteiger partial charge in [-0.15, -0.1) is 11.3 Å². The van der Waals surface area contributed by atoms with E-state index in [0.717, 1.165) is 21.3 Å². The van der Waals surface area contributed by atoms with E-state index in [4.69, 9.17) is 14.2 Å². The highest BCUT2D eigenvalue weighted by Crippen LogP contribution is 2.37. The Balaban J connectivity index is 1.42. The Morgan fingerprint density at radius 3 is 2.51 bits per heavy atom. The molecule has 5 rings (SSSR count). The fourth-order valence-electron chi connectivity index (χ4n) is 4.52. The maximum Gasteiger partial charge on any atom is 0.325 e. The van der Waals surface area contributed by atoms with Crippen molar-refractivity contribution in [2.75, 3.05) is 34.4 Å². The topological polar surface area (TPSA) is 94.9 Å². The molecular weight excluding hydrogens is 468 g/mol. The van der Waals surface area contributed by atoms with E-state index in [2.05, 4.69) is 10.3 Å². The van der Waals surface area contributed by atoms with Crippen molar-refractivity contribution < 1.29 is 23.8 Å². The smallest absolute Gasteiger partial charge is 0.325 e. The summed E-state index contributed by atoms with van der Waals surface area (Å²) in [7, 11) is 4.86. The third-order valence-corrected chi connectivity index (χ3v) is 7.42. The first kappa shape index (κ1) is 23.3. The molecule has 3 aromatic heterocycles. The summed E-state index contributed by atoms with van der Waals surface area (Å²) >= 11 is 1.36. The van der Waals surface area contributed by atoms with E-state index >= 15 is 0 Å². The second-order valence-electron chi connectivity index (χ2n) is 8.39. The summed E-state index contributed by atoms with van der Waals surface area (Å²) in [6.45, 7) is 2.85. The number of carbonyl (C=O) groups excluding carboxylic acids is 2. The van der Waals surface area contributed by atoms with Crippen LogP contribution in [0.2, 0.25) is 0 Å². The molecule has 0 saturated carbocycles. The molecule has 1 aliphatic heterocycles.